The van der Waals surface area contributed by atoms with Gasteiger partial charge in [-0.25, -0.2) is 4.98 Å². The van der Waals surface area contributed by atoms with Gasteiger partial charge in [-0.15, -0.1) is 24.0 Å². The molecule has 25 heavy (non-hydrogen) atoms. The molecule has 8 heteroatoms. The lowest BCUT2D eigenvalue weighted by atomic mass is 10.0. The normalized spacial score (nSPS) is 19.9. The molecule has 0 aromatic carbocycles. The largest absolute Gasteiger partial charge is 0.373 e. The molecule has 1 aliphatic heterocycles. The first-order valence-corrected chi connectivity index (χ1v) is 8.33. The van der Waals surface area contributed by atoms with Crippen molar-refractivity contribution in [1.82, 2.24) is 15.6 Å². The maximum Gasteiger partial charge on any atom is 0.227 e. The lowest BCUT2D eigenvalue weighted by Crippen LogP contribution is -2.46. The minimum Gasteiger partial charge on any atom is -0.373 e. The van der Waals surface area contributed by atoms with Crippen LogP contribution in [0.1, 0.15) is 31.9 Å². The summed E-state index contributed by atoms with van der Waals surface area (Å²) >= 11 is 0. The number of hydrogen-bond donors (Lipinski definition) is 3. The fourth-order valence-corrected chi connectivity index (χ4v) is 2.58. The van der Waals surface area contributed by atoms with Crippen LogP contribution >= 0.6 is 24.0 Å². The fraction of sp³-hybridized carbons (Fsp3) is 0.588. The molecule has 0 saturated carbocycles. The van der Waals surface area contributed by atoms with E-state index in [2.05, 4.69) is 32.9 Å². The minimum atomic E-state index is -0.133. The van der Waals surface area contributed by atoms with E-state index in [4.69, 9.17) is 4.74 Å². The predicted molar refractivity (Wildman–Crippen MR) is 111 cm³/mol. The number of aliphatic imine (C=N–C) groups is 1. The van der Waals surface area contributed by atoms with E-state index in [9.17, 15) is 4.79 Å². The van der Waals surface area contributed by atoms with Gasteiger partial charge in [0.05, 0.1) is 5.60 Å². The molecule has 1 amide bonds. The highest BCUT2D eigenvalue weighted by Crippen LogP contribution is 2.23. The van der Waals surface area contributed by atoms with Crippen LogP contribution in [0.3, 0.4) is 0 Å². The Balaban J connectivity index is 0.00000312. The fourth-order valence-electron chi connectivity index (χ4n) is 2.58. The second-order valence-corrected chi connectivity index (χ2v) is 6.22. The number of aryl methyl sites for hydroxylation is 1. The molecule has 140 valence electrons. The van der Waals surface area contributed by atoms with Crippen LogP contribution in [0.15, 0.2) is 23.2 Å². The molecule has 1 aromatic heterocycles. The van der Waals surface area contributed by atoms with E-state index >= 15 is 0 Å². The second kappa shape index (κ2) is 10.5. The lowest BCUT2D eigenvalue weighted by Gasteiger charge is -2.24. The lowest BCUT2D eigenvalue weighted by molar-refractivity contribution is -0.116. The maximum atomic E-state index is 11.9. The van der Waals surface area contributed by atoms with Gasteiger partial charge in [0.15, 0.2) is 5.96 Å². The molecule has 2 rings (SSSR count). The van der Waals surface area contributed by atoms with E-state index in [0.29, 0.717) is 31.3 Å². The summed E-state index contributed by atoms with van der Waals surface area (Å²) in [6, 6.07) is 5.54. The van der Waals surface area contributed by atoms with Crippen molar-refractivity contribution in [2.45, 2.75) is 38.7 Å². The molecule has 0 aliphatic carbocycles. The molecule has 1 fully saturated rings. The third-order valence-corrected chi connectivity index (χ3v) is 3.95. The summed E-state index contributed by atoms with van der Waals surface area (Å²) in [5.41, 5.74) is 0.740. The Morgan fingerprint density at radius 2 is 2.20 bits per heavy atom. The number of nitrogens with zero attached hydrogens (tertiary/aromatic N) is 2. The zero-order valence-electron chi connectivity index (χ0n) is 15.1. The molecule has 2 heterocycles. The summed E-state index contributed by atoms with van der Waals surface area (Å²) in [4.78, 5) is 20.4. The van der Waals surface area contributed by atoms with Crippen molar-refractivity contribution in [2.24, 2.45) is 4.99 Å². The number of nitrogens with one attached hydrogen (secondary N) is 3. The van der Waals surface area contributed by atoms with Gasteiger partial charge < -0.3 is 20.7 Å². The molecular weight excluding hydrogens is 433 g/mol. The van der Waals surface area contributed by atoms with Crippen LogP contribution in [0.2, 0.25) is 0 Å². The van der Waals surface area contributed by atoms with Crippen LogP contribution in [0.25, 0.3) is 0 Å². The molecule has 3 N–H and O–H groups in total. The van der Waals surface area contributed by atoms with Crippen molar-refractivity contribution in [3.05, 3.63) is 23.9 Å². The topological polar surface area (TPSA) is 87.6 Å². The number of carbonyl (C=O) groups is 1. The molecule has 1 saturated heterocycles. The number of guanidine groups is 1. The Labute approximate surface area is 166 Å². The van der Waals surface area contributed by atoms with Crippen molar-refractivity contribution in [1.29, 1.82) is 0 Å². The average Bonchev–Trinajstić information content (AvgIpc) is 2.97. The molecule has 0 radical (unpaired) electrons. The number of amides is 1. The number of rotatable bonds is 6. The van der Waals surface area contributed by atoms with E-state index in [1.807, 2.05) is 19.1 Å². The van der Waals surface area contributed by atoms with E-state index in [0.717, 1.165) is 25.1 Å². The van der Waals surface area contributed by atoms with Crippen molar-refractivity contribution in [3.63, 3.8) is 0 Å². The van der Waals surface area contributed by atoms with Gasteiger partial charge in [0.25, 0.3) is 0 Å². The Bertz CT molecular complexity index is 588. The molecule has 1 unspecified atom stereocenters. The SMILES string of the molecule is CN=C(NCCC(=O)Nc1cccc(C)n1)NCC1(C)CCCO1.I. The monoisotopic (exact) mass is 461 g/mol. The van der Waals surface area contributed by atoms with Crippen LogP contribution in [0, 0.1) is 6.92 Å². The van der Waals surface area contributed by atoms with Gasteiger partial charge in [-0.3, -0.25) is 9.79 Å². The number of hydrogen-bond acceptors (Lipinski definition) is 4. The third kappa shape index (κ3) is 7.55. The second-order valence-electron chi connectivity index (χ2n) is 6.22. The van der Waals surface area contributed by atoms with Crippen LogP contribution in [-0.4, -0.2) is 49.2 Å². The van der Waals surface area contributed by atoms with Crippen LogP contribution in [-0.2, 0) is 9.53 Å². The zero-order chi connectivity index (χ0) is 17.4. The third-order valence-electron chi connectivity index (χ3n) is 3.95. The number of pyridine rings is 1. The number of anilines is 1. The molecule has 0 bridgehead atoms. The van der Waals surface area contributed by atoms with E-state index in [-0.39, 0.29) is 35.5 Å². The van der Waals surface area contributed by atoms with Crippen LogP contribution < -0.4 is 16.0 Å². The highest BCUT2D eigenvalue weighted by Gasteiger charge is 2.29. The van der Waals surface area contributed by atoms with Gasteiger partial charge in [0.1, 0.15) is 5.82 Å². The standard InChI is InChI=1S/C17H27N5O2.HI/c1-13-6-4-7-14(21-13)22-15(23)8-10-19-16(18-3)20-12-17(2)9-5-11-24-17;/h4,6-7H,5,8-12H2,1-3H3,(H2,18,19,20)(H,21,22,23);1H. The van der Waals surface area contributed by atoms with Gasteiger partial charge in [-0.1, -0.05) is 6.07 Å². The molecule has 0 spiro atoms. The van der Waals surface area contributed by atoms with Crippen molar-refractivity contribution < 1.29 is 9.53 Å². The summed E-state index contributed by atoms with van der Waals surface area (Å²) < 4.78 is 5.74. The Hall–Kier alpha value is -1.42. The summed E-state index contributed by atoms with van der Waals surface area (Å²) in [6.07, 6.45) is 2.48. The first-order chi connectivity index (χ1) is 11.5. The molecular formula is C17H28IN5O2. The first kappa shape index (κ1) is 21.6. The molecule has 7 nitrogen and oxygen atoms in total. The first-order valence-electron chi connectivity index (χ1n) is 8.33. The maximum absolute atomic E-state index is 11.9. The quantitative estimate of drug-likeness (QED) is 0.343. The van der Waals surface area contributed by atoms with Gasteiger partial charge in [0, 0.05) is 38.9 Å². The predicted octanol–water partition coefficient (Wildman–Crippen LogP) is 2.07. The molecule has 1 aliphatic rings. The van der Waals surface area contributed by atoms with E-state index in [1.165, 1.54) is 0 Å². The van der Waals surface area contributed by atoms with Crippen LogP contribution in [0.5, 0.6) is 0 Å². The van der Waals surface area contributed by atoms with Crippen molar-refractivity contribution >= 4 is 41.7 Å². The Morgan fingerprint density at radius 1 is 1.40 bits per heavy atom. The van der Waals surface area contributed by atoms with Gasteiger partial charge in [-0.2, -0.15) is 0 Å². The molecule has 1 aromatic rings. The van der Waals surface area contributed by atoms with Gasteiger partial charge >= 0.3 is 0 Å². The highest BCUT2D eigenvalue weighted by molar-refractivity contribution is 14.0. The van der Waals surface area contributed by atoms with Crippen molar-refractivity contribution in [2.75, 3.05) is 32.1 Å². The van der Waals surface area contributed by atoms with E-state index < -0.39 is 0 Å². The smallest absolute Gasteiger partial charge is 0.227 e. The minimum absolute atomic E-state index is 0. The number of halogens is 1. The van der Waals surface area contributed by atoms with Crippen LogP contribution in [0.4, 0.5) is 5.82 Å². The summed E-state index contributed by atoms with van der Waals surface area (Å²) in [5.74, 6) is 1.17. The number of ether oxygens (including phenoxy) is 1. The summed E-state index contributed by atoms with van der Waals surface area (Å²) in [7, 11) is 1.71. The van der Waals surface area contributed by atoms with Crippen molar-refractivity contribution in [3.8, 4) is 0 Å². The van der Waals surface area contributed by atoms with Gasteiger partial charge in [-0.05, 0) is 38.8 Å². The number of carbonyl (C=O) groups excluding carboxylic acids is 1. The average molecular weight is 461 g/mol. The highest BCUT2D eigenvalue weighted by atomic mass is 127. The summed E-state index contributed by atoms with van der Waals surface area (Å²) in [6.45, 7) is 6.00. The Kier molecular flexibility index (Phi) is 9.12. The van der Waals surface area contributed by atoms with E-state index in [1.54, 1.807) is 13.1 Å². The Morgan fingerprint density at radius 3 is 2.84 bits per heavy atom. The number of aromatic nitrogens is 1. The molecule has 1 atom stereocenters. The summed E-state index contributed by atoms with van der Waals surface area (Å²) in [5, 5.41) is 9.18. The van der Waals surface area contributed by atoms with Gasteiger partial charge in [0.2, 0.25) is 5.91 Å². The zero-order valence-corrected chi connectivity index (χ0v) is 17.4.